The van der Waals surface area contributed by atoms with E-state index in [-0.39, 0.29) is 5.78 Å². The third kappa shape index (κ3) is 2.29. The topological polar surface area (TPSA) is 20.3 Å². The molecule has 0 amide bonds. The van der Waals surface area contributed by atoms with E-state index in [9.17, 15) is 4.79 Å². The summed E-state index contributed by atoms with van der Waals surface area (Å²) in [6.45, 7) is 0. The van der Waals surface area contributed by atoms with Crippen LogP contribution in [-0.4, -0.2) is 12.8 Å². The Morgan fingerprint density at radius 1 is 1.11 bits per heavy atom. The molecule has 3 heteroatoms. The number of para-hydroxylation sites is 1. The molecule has 1 aliphatic carbocycles. The van der Waals surface area contributed by atoms with Crippen LogP contribution in [0, 0.1) is 0 Å². The van der Waals surface area contributed by atoms with Crippen molar-refractivity contribution >= 4 is 23.2 Å². The Balaban J connectivity index is 1.88. The summed E-state index contributed by atoms with van der Waals surface area (Å²) in [7, 11) is 2.04. The van der Waals surface area contributed by atoms with Gasteiger partial charge in [-0.2, -0.15) is 0 Å². The molecule has 0 saturated carbocycles. The standard InChI is InChI=1S/C16H13NOS/c1-17-13-7-3-5-9-15(13)19-16(17)11-10-12-6-2-4-8-14(12)18/h2-11H,1H3/b12-10-,16-11+. The summed E-state index contributed by atoms with van der Waals surface area (Å²) in [6.07, 6.45) is 11.0. The Morgan fingerprint density at radius 3 is 2.68 bits per heavy atom. The number of anilines is 1. The highest BCUT2D eigenvalue weighted by Gasteiger charge is 2.20. The van der Waals surface area contributed by atoms with Gasteiger partial charge in [0.15, 0.2) is 5.78 Å². The minimum Gasteiger partial charge on any atom is -0.338 e. The summed E-state index contributed by atoms with van der Waals surface area (Å²) in [6, 6.07) is 8.29. The van der Waals surface area contributed by atoms with Crippen molar-refractivity contribution in [2.24, 2.45) is 0 Å². The first kappa shape index (κ1) is 12.1. The first-order valence-electron chi connectivity index (χ1n) is 6.07. The zero-order valence-electron chi connectivity index (χ0n) is 10.5. The maximum Gasteiger partial charge on any atom is 0.185 e. The van der Waals surface area contributed by atoms with Crippen molar-refractivity contribution in [3.63, 3.8) is 0 Å². The average molecular weight is 267 g/mol. The highest BCUT2D eigenvalue weighted by atomic mass is 32.2. The van der Waals surface area contributed by atoms with E-state index in [1.165, 1.54) is 10.6 Å². The third-order valence-electron chi connectivity index (χ3n) is 3.10. The van der Waals surface area contributed by atoms with Gasteiger partial charge in [0.1, 0.15) is 0 Å². The summed E-state index contributed by atoms with van der Waals surface area (Å²) in [5, 5.41) is 1.13. The van der Waals surface area contributed by atoms with Gasteiger partial charge in [0.05, 0.1) is 10.7 Å². The predicted molar refractivity (Wildman–Crippen MR) is 80.2 cm³/mol. The number of ketones is 1. The number of benzene rings is 1. The van der Waals surface area contributed by atoms with Crippen LogP contribution in [0.2, 0.25) is 0 Å². The van der Waals surface area contributed by atoms with Gasteiger partial charge in [-0.25, -0.2) is 0 Å². The summed E-state index contributed by atoms with van der Waals surface area (Å²) in [5.74, 6) is 0.0579. The smallest absolute Gasteiger partial charge is 0.185 e. The van der Waals surface area contributed by atoms with Gasteiger partial charge in [0, 0.05) is 17.5 Å². The number of hydrogen-bond donors (Lipinski definition) is 0. The van der Waals surface area contributed by atoms with Crippen molar-refractivity contribution in [2.45, 2.75) is 4.90 Å². The third-order valence-corrected chi connectivity index (χ3v) is 4.28. The van der Waals surface area contributed by atoms with Crippen molar-refractivity contribution < 1.29 is 4.79 Å². The normalized spacial score (nSPS) is 21.5. The van der Waals surface area contributed by atoms with Crippen LogP contribution in [0.5, 0.6) is 0 Å². The fourth-order valence-electron chi connectivity index (χ4n) is 2.05. The Bertz CT molecular complexity index is 652. The molecular weight excluding hydrogens is 254 g/mol. The fourth-order valence-corrected chi connectivity index (χ4v) is 3.10. The molecule has 94 valence electrons. The van der Waals surface area contributed by atoms with Crippen LogP contribution in [0.15, 0.2) is 76.2 Å². The lowest BCUT2D eigenvalue weighted by atomic mass is 10.1. The van der Waals surface area contributed by atoms with Gasteiger partial charge < -0.3 is 4.90 Å². The van der Waals surface area contributed by atoms with Gasteiger partial charge >= 0.3 is 0 Å². The molecule has 0 fully saturated rings. The maximum atomic E-state index is 11.6. The SMILES string of the molecule is CN1/C(=C\C=C2\C=CC=CC2=O)Sc2ccccc21. The molecule has 3 rings (SSSR count). The molecule has 0 atom stereocenters. The Morgan fingerprint density at radius 2 is 1.89 bits per heavy atom. The van der Waals surface area contributed by atoms with Crippen molar-refractivity contribution in [2.75, 3.05) is 11.9 Å². The molecule has 0 radical (unpaired) electrons. The van der Waals surface area contributed by atoms with Gasteiger partial charge in [0.25, 0.3) is 0 Å². The summed E-state index contributed by atoms with van der Waals surface area (Å²) in [5.41, 5.74) is 1.93. The molecular formula is C16H13NOS. The van der Waals surface area contributed by atoms with Crippen LogP contribution in [0.25, 0.3) is 0 Å². The van der Waals surface area contributed by atoms with Crippen LogP contribution in [-0.2, 0) is 4.79 Å². The second-order valence-corrected chi connectivity index (χ2v) is 5.40. The van der Waals surface area contributed by atoms with Crippen LogP contribution in [0.1, 0.15) is 0 Å². The molecule has 1 aliphatic heterocycles. The van der Waals surface area contributed by atoms with E-state index in [4.69, 9.17) is 0 Å². The molecule has 2 nitrogen and oxygen atoms in total. The van der Waals surface area contributed by atoms with Crippen molar-refractivity contribution in [3.05, 3.63) is 71.3 Å². The van der Waals surface area contributed by atoms with E-state index in [1.807, 2.05) is 43.5 Å². The Kier molecular flexibility index (Phi) is 3.13. The molecule has 0 aromatic heterocycles. The lowest BCUT2D eigenvalue weighted by molar-refractivity contribution is -0.111. The number of fused-ring (bicyclic) bond motifs is 1. The van der Waals surface area contributed by atoms with E-state index in [0.29, 0.717) is 0 Å². The maximum absolute atomic E-state index is 11.6. The second kappa shape index (κ2) is 4.94. The number of carbonyl (C=O) groups excluding carboxylic acids is 1. The number of rotatable bonds is 1. The molecule has 0 bridgehead atoms. The number of thioether (sulfide) groups is 1. The van der Waals surface area contributed by atoms with Crippen LogP contribution in [0.4, 0.5) is 5.69 Å². The predicted octanol–water partition coefficient (Wildman–Crippen LogP) is 3.69. The van der Waals surface area contributed by atoms with Gasteiger partial charge in [-0.05, 0) is 30.4 Å². The molecule has 0 N–H and O–H groups in total. The number of allylic oxidation sites excluding steroid dienone is 7. The minimum atomic E-state index is 0.0579. The zero-order chi connectivity index (χ0) is 13.2. The van der Waals surface area contributed by atoms with Gasteiger partial charge in [-0.3, -0.25) is 4.79 Å². The molecule has 0 spiro atoms. The molecule has 2 aliphatic rings. The summed E-state index contributed by atoms with van der Waals surface area (Å²) in [4.78, 5) is 15.0. The summed E-state index contributed by atoms with van der Waals surface area (Å²) < 4.78 is 0. The van der Waals surface area contributed by atoms with Crippen LogP contribution >= 0.6 is 11.8 Å². The quantitative estimate of drug-likeness (QED) is 0.724. The van der Waals surface area contributed by atoms with Crippen LogP contribution in [0.3, 0.4) is 0 Å². The molecule has 1 aromatic carbocycles. The zero-order valence-corrected chi connectivity index (χ0v) is 11.4. The number of nitrogens with zero attached hydrogens (tertiary/aromatic N) is 1. The molecule has 0 saturated heterocycles. The first-order valence-corrected chi connectivity index (χ1v) is 6.89. The van der Waals surface area contributed by atoms with E-state index >= 15 is 0 Å². The Labute approximate surface area is 116 Å². The average Bonchev–Trinajstić information content (AvgIpc) is 2.75. The number of carbonyl (C=O) groups is 1. The highest BCUT2D eigenvalue weighted by molar-refractivity contribution is 8.03. The van der Waals surface area contributed by atoms with Crippen LogP contribution < -0.4 is 4.90 Å². The van der Waals surface area contributed by atoms with Gasteiger partial charge in [-0.1, -0.05) is 42.1 Å². The van der Waals surface area contributed by atoms with E-state index in [1.54, 1.807) is 23.9 Å². The lowest BCUT2D eigenvalue weighted by Gasteiger charge is -2.12. The monoisotopic (exact) mass is 267 g/mol. The highest BCUT2D eigenvalue weighted by Crippen LogP contribution is 2.44. The van der Waals surface area contributed by atoms with E-state index in [0.717, 1.165) is 10.6 Å². The molecule has 0 unspecified atom stereocenters. The Hall–Kier alpha value is -2.00. The minimum absolute atomic E-state index is 0.0579. The van der Waals surface area contributed by atoms with Crippen molar-refractivity contribution in [1.82, 2.24) is 0 Å². The first-order chi connectivity index (χ1) is 9.25. The van der Waals surface area contributed by atoms with Crippen molar-refractivity contribution in [3.8, 4) is 0 Å². The van der Waals surface area contributed by atoms with Gasteiger partial charge in [-0.15, -0.1) is 0 Å². The molecule has 1 aromatic rings. The summed E-state index contributed by atoms with van der Waals surface area (Å²) >= 11 is 1.72. The second-order valence-electron chi connectivity index (χ2n) is 4.34. The molecule has 19 heavy (non-hydrogen) atoms. The molecule has 1 heterocycles. The van der Waals surface area contributed by atoms with Gasteiger partial charge in [0.2, 0.25) is 0 Å². The van der Waals surface area contributed by atoms with E-state index in [2.05, 4.69) is 17.0 Å². The number of hydrogen-bond acceptors (Lipinski definition) is 3. The fraction of sp³-hybridized carbons (Fsp3) is 0.0625. The largest absolute Gasteiger partial charge is 0.338 e. The van der Waals surface area contributed by atoms with Crippen molar-refractivity contribution in [1.29, 1.82) is 0 Å². The van der Waals surface area contributed by atoms with E-state index < -0.39 is 0 Å². The lowest BCUT2D eigenvalue weighted by Crippen LogP contribution is -2.09.